The number of ether oxygens (including phenoxy) is 1. The van der Waals surface area contributed by atoms with E-state index in [0.717, 1.165) is 30.2 Å². The lowest BCUT2D eigenvalue weighted by atomic mass is 10.2. The van der Waals surface area contributed by atoms with E-state index < -0.39 is 0 Å². The van der Waals surface area contributed by atoms with Crippen molar-refractivity contribution in [2.45, 2.75) is 46.3 Å². The van der Waals surface area contributed by atoms with Crippen LogP contribution in [0, 0.1) is 6.92 Å². The summed E-state index contributed by atoms with van der Waals surface area (Å²) in [7, 11) is 0. The van der Waals surface area contributed by atoms with Crippen molar-refractivity contribution >= 4 is 11.7 Å². The molecule has 1 aliphatic heterocycles. The number of anilines is 1. The van der Waals surface area contributed by atoms with Gasteiger partial charge in [0.05, 0.1) is 11.1 Å². The highest BCUT2D eigenvalue weighted by atomic mass is 16.5. The second kappa shape index (κ2) is 7.55. The van der Waals surface area contributed by atoms with Crippen molar-refractivity contribution in [3.63, 3.8) is 0 Å². The molecular weight excluding hydrogens is 320 g/mol. The van der Waals surface area contributed by atoms with Crippen molar-refractivity contribution in [1.29, 1.82) is 0 Å². The molecule has 0 radical (unpaired) electrons. The topological polar surface area (TPSA) is 80.5 Å². The Morgan fingerprint density at radius 2 is 2.12 bits per heavy atom. The number of rotatable bonds is 6. The molecule has 0 spiro atoms. The van der Waals surface area contributed by atoms with Gasteiger partial charge in [-0.15, -0.1) is 0 Å². The smallest absolute Gasteiger partial charge is 0.253 e. The van der Waals surface area contributed by atoms with Crippen LogP contribution in [0.15, 0.2) is 22.9 Å². The predicted molar refractivity (Wildman–Crippen MR) is 93.9 cm³/mol. The van der Waals surface area contributed by atoms with Gasteiger partial charge < -0.3 is 19.5 Å². The Hall–Kier alpha value is -2.57. The van der Waals surface area contributed by atoms with E-state index in [1.54, 1.807) is 12.1 Å². The van der Waals surface area contributed by atoms with Crippen molar-refractivity contribution < 1.29 is 14.1 Å². The molecule has 0 aromatic carbocycles. The molecule has 3 heterocycles. The average molecular weight is 344 g/mol. The maximum Gasteiger partial charge on any atom is 0.253 e. The number of nitrogens with one attached hydrogen (secondary N) is 1. The number of aryl methyl sites for hydroxylation is 1. The highest BCUT2D eigenvalue weighted by Gasteiger charge is 2.22. The van der Waals surface area contributed by atoms with Crippen LogP contribution >= 0.6 is 0 Å². The number of amides is 1. The number of carbonyl (C=O) groups is 1. The minimum Gasteiger partial charge on any atom is -0.473 e. The summed E-state index contributed by atoms with van der Waals surface area (Å²) in [6.07, 6.45) is 3.87. The molecule has 0 bridgehead atoms. The molecule has 1 aliphatic rings. The van der Waals surface area contributed by atoms with Gasteiger partial charge in [0, 0.05) is 31.4 Å². The Kier molecular flexibility index (Phi) is 5.21. The van der Waals surface area contributed by atoms with E-state index in [9.17, 15) is 4.79 Å². The maximum absolute atomic E-state index is 11.9. The summed E-state index contributed by atoms with van der Waals surface area (Å²) in [5.74, 6) is 1.95. The van der Waals surface area contributed by atoms with Gasteiger partial charge in [0.1, 0.15) is 12.4 Å². The Morgan fingerprint density at radius 1 is 1.36 bits per heavy atom. The van der Waals surface area contributed by atoms with Crippen molar-refractivity contribution in [2.24, 2.45) is 0 Å². The number of hydrogen-bond donors (Lipinski definition) is 1. The van der Waals surface area contributed by atoms with Crippen LogP contribution in [0.2, 0.25) is 0 Å². The third kappa shape index (κ3) is 4.10. The summed E-state index contributed by atoms with van der Waals surface area (Å²) in [6.45, 7) is 8.06. The fourth-order valence-electron chi connectivity index (χ4n) is 2.81. The summed E-state index contributed by atoms with van der Waals surface area (Å²) in [5.41, 5.74) is 1.46. The fourth-order valence-corrected chi connectivity index (χ4v) is 2.81. The Bertz CT molecular complexity index is 718. The van der Waals surface area contributed by atoms with Crippen LogP contribution in [0.4, 0.5) is 5.82 Å². The highest BCUT2D eigenvalue weighted by molar-refractivity contribution is 5.94. The normalized spacial score (nSPS) is 14.2. The van der Waals surface area contributed by atoms with Crippen LogP contribution in [0.1, 0.15) is 48.4 Å². The largest absolute Gasteiger partial charge is 0.473 e. The molecule has 25 heavy (non-hydrogen) atoms. The van der Waals surface area contributed by atoms with E-state index in [-0.39, 0.29) is 11.9 Å². The quantitative estimate of drug-likeness (QED) is 0.868. The molecule has 3 rings (SSSR count). The molecule has 7 nitrogen and oxygen atoms in total. The van der Waals surface area contributed by atoms with Gasteiger partial charge in [-0.25, -0.2) is 4.98 Å². The van der Waals surface area contributed by atoms with Crippen molar-refractivity contribution in [1.82, 2.24) is 15.5 Å². The minimum absolute atomic E-state index is 0.0870. The molecule has 0 unspecified atom stereocenters. The lowest BCUT2D eigenvalue weighted by Crippen LogP contribution is -2.30. The zero-order chi connectivity index (χ0) is 17.8. The number of pyridine rings is 1. The van der Waals surface area contributed by atoms with Crippen LogP contribution in [-0.4, -0.2) is 35.2 Å². The molecule has 0 saturated carbocycles. The van der Waals surface area contributed by atoms with E-state index in [0.29, 0.717) is 18.1 Å². The summed E-state index contributed by atoms with van der Waals surface area (Å²) in [5, 5.41) is 7.01. The Labute approximate surface area is 147 Å². The molecule has 7 heteroatoms. The predicted octanol–water partition coefficient (Wildman–Crippen LogP) is 2.70. The molecule has 2 aromatic heterocycles. The standard InChI is InChI=1S/C18H24N4O3/c1-12(2)20-18(23)14-6-7-16(19-10-14)24-11-15-13(3)25-21-17(15)22-8-4-5-9-22/h6-7,10,12H,4-5,8-9,11H2,1-3H3,(H,20,23). The van der Waals surface area contributed by atoms with E-state index >= 15 is 0 Å². The first-order chi connectivity index (χ1) is 12.0. The van der Waals surface area contributed by atoms with Crippen molar-refractivity contribution in [3.8, 4) is 5.88 Å². The molecule has 0 atom stereocenters. The summed E-state index contributed by atoms with van der Waals surface area (Å²) in [4.78, 5) is 18.4. The van der Waals surface area contributed by atoms with Crippen LogP contribution in [-0.2, 0) is 6.61 Å². The van der Waals surface area contributed by atoms with Crippen molar-refractivity contribution in [2.75, 3.05) is 18.0 Å². The fraction of sp³-hybridized carbons (Fsp3) is 0.500. The van der Waals surface area contributed by atoms with E-state index in [1.165, 1.54) is 19.0 Å². The van der Waals surface area contributed by atoms with Crippen LogP contribution in [0.5, 0.6) is 5.88 Å². The van der Waals surface area contributed by atoms with Gasteiger partial charge in [-0.05, 0) is 39.7 Å². The summed E-state index contributed by atoms with van der Waals surface area (Å²) >= 11 is 0. The minimum atomic E-state index is -0.139. The monoisotopic (exact) mass is 344 g/mol. The zero-order valence-corrected chi connectivity index (χ0v) is 14.9. The second-order valence-electron chi connectivity index (χ2n) is 6.54. The van der Waals surface area contributed by atoms with Gasteiger partial charge in [-0.2, -0.15) is 0 Å². The molecule has 1 fully saturated rings. The van der Waals surface area contributed by atoms with Crippen LogP contribution in [0.25, 0.3) is 0 Å². The summed E-state index contributed by atoms with van der Waals surface area (Å²) < 4.78 is 11.1. The molecular formula is C18H24N4O3. The third-order valence-corrected chi connectivity index (χ3v) is 4.15. The lowest BCUT2D eigenvalue weighted by molar-refractivity contribution is 0.0942. The van der Waals surface area contributed by atoms with Gasteiger partial charge >= 0.3 is 0 Å². The number of hydrogen-bond acceptors (Lipinski definition) is 6. The van der Waals surface area contributed by atoms with E-state index in [1.807, 2.05) is 20.8 Å². The van der Waals surface area contributed by atoms with Gasteiger partial charge in [0.25, 0.3) is 5.91 Å². The van der Waals surface area contributed by atoms with Gasteiger partial charge in [0.15, 0.2) is 5.82 Å². The number of aromatic nitrogens is 2. The Balaban J connectivity index is 1.64. The van der Waals surface area contributed by atoms with Gasteiger partial charge in [-0.1, -0.05) is 5.16 Å². The number of carbonyl (C=O) groups excluding carboxylic acids is 1. The average Bonchev–Trinajstić information content (AvgIpc) is 3.22. The zero-order valence-electron chi connectivity index (χ0n) is 14.9. The van der Waals surface area contributed by atoms with Crippen molar-refractivity contribution in [3.05, 3.63) is 35.2 Å². The SMILES string of the molecule is Cc1onc(N2CCCC2)c1COc1ccc(C(=O)NC(C)C)cn1. The Morgan fingerprint density at radius 3 is 2.76 bits per heavy atom. The second-order valence-corrected chi connectivity index (χ2v) is 6.54. The first kappa shape index (κ1) is 17.3. The summed E-state index contributed by atoms with van der Waals surface area (Å²) in [6, 6.07) is 3.50. The van der Waals surface area contributed by atoms with Crippen LogP contribution in [0.3, 0.4) is 0 Å². The van der Waals surface area contributed by atoms with E-state index in [2.05, 4.69) is 20.4 Å². The van der Waals surface area contributed by atoms with E-state index in [4.69, 9.17) is 9.26 Å². The molecule has 2 aromatic rings. The van der Waals surface area contributed by atoms with Crippen LogP contribution < -0.4 is 15.0 Å². The molecule has 1 N–H and O–H groups in total. The van der Waals surface area contributed by atoms with Gasteiger partial charge in [0.2, 0.25) is 5.88 Å². The lowest BCUT2D eigenvalue weighted by Gasteiger charge is -2.15. The maximum atomic E-state index is 11.9. The molecule has 1 amide bonds. The first-order valence-corrected chi connectivity index (χ1v) is 8.64. The third-order valence-electron chi connectivity index (χ3n) is 4.15. The number of nitrogens with zero attached hydrogens (tertiary/aromatic N) is 3. The first-order valence-electron chi connectivity index (χ1n) is 8.64. The molecule has 1 saturated heterocycles. The highest BCUT2D eigenvalue weighted by Crippen LogP contribution is 2.27. The van der Waals surface area contributed by atoms with Gasteiger partial charge in [-0.3, -0.25) is 4.79 Å². The molecule has 134 valence electrons. The molecule has 0 aliphatic carbocycles.